The van der Waals surface area contributed by atoms with Crippen molar-refractivity contribution in [1.82, 2.24) is 4.90 Å². The molecule has 11 heavy (non-hydrogen) atoms. The predicted octanol–water partition coefficient (Wildman–Crippen LogP) is -1.97. The number of primary amides is 1. The van der Waals surface area contributed by atoms with E-state index in [-0.39, 0.29) is 12.5 Å². The zero-order valence-corrected chi connectivity index (χ0v) is 6.12. The Morgan fingerprint density at radius 1 is 1.73 bits per heavy atom. The number of hydrogen-bond acceptors (Lipinski definition) is 3. The summed E-state index contributed by atoms with van der Waals surface area (Å²) in [5.41, 5.74) is 10.3. The smallest absolute Gasteiger partial charge is 0.240 e. The first-order valence-corrected chi connectivity index (χ1v) is 3.44. The maximum atomic E-state index is 11.0. The fraction of sp³-hybridized carbons (Fsp3) is 0.667. The molecule has 5 nitrogen and oxygen atoms in total. The van der Waals surface area contributed by atoms with Crippen LogP contribution in [0.15, 0.2) is 0 Å². The van der Waals surface area contributed by atoms with Crippen LogP contribution in [0.1, 0.15) is 6.42 Å². The first-order valence-electron chi connectivity index (χ1n) is 3.44. The number of carbonyl (C=O) groups excluding carboxylic acids is 2. The summed E-state index contributed by atoms with van der Waals surface area (Å²) in [5, 5.41) is 0. The van der Waals surface area contributed by atoms with Gasteiger partial charge in [-0.15, -0.1) is 0 Å². The number of amides is 2. The lowest BCUT2D eigenvalue weighted by atomic mass is 10.3. The van der Waals surface area contributed by atoms with Crippen LogP contribution in [-0.2, 0) is 9.59 Å². The van der Waals surface area contributed by atoms with E-state index in [4.69, 9.17) is 11.5 Å². The molecule has 0 radical (unpaired) electrons. The van der Waals surface area contributed by atoms with Crippen LogP contribution in [0.25, 0.3) is 0 Å². The minimum Gasteiger partial charge on any atom is -0.368 e. The van der Waals surface area contributed by atoms with Crippen molar-refractivity contribution in [3.63, 3.8) is 0 Å². The van der Waals surface area contributed by atoms with Gasteiger partial charge in [-0.2, -0.15) is 0 Å². The van der Waals surface area contributed by atoms with Crippen LogP contribution >= 0.6 is 0 Å². The van der Waals surface area contributed by atoms with Crippen molar-refractivity contribution in [3.8, 4) is 0 Å². The second kappa shape index (κ2) is 2.87. The molecule has 1 saturated heterocycles. The molecular weight excluding hydrogens is 146 g/mol. The Labute approximate surface area is 64.3 Å². The fourth-order valence-electron chi connectivity index (χ4n) is 1.11. The summed E-state index contributed by atoms with van der Waals surface area (Å²) in [6, 6.07) is -0.436. The maximum Gasteiger partial charge on any atom is 0.240 e. The van der Waals surface area contributed by atoms with Crippen molar-refractivity contribution < 1.29 is 9.59 Å². The molecule has 1 fully saturated rings. The molecule has 0 bridgehead atoms. The van der Waals surface area contributed by atoms with Crippen LogP contribution in [0.3, 0.4) is 0 Å². The first-order chi connectivity index (χ1) is 5.11. The summed E-state index contributed by atoms with van der Waals surface area (Å²) in [5.74, 6) is -0.670. The third-order valence-electron chi connectivity index (χ3n) is 1.69. The number of nitrogens with two attached hydrogens (primary N) is 2. The van der Waals surface area contributed by atoms with Crippen LogP contribution in [0, 0.1) is 0 Å². The minimum absolute atomic E-state index is 0.00741. The van der Waals surface area contributed by atoms with E-state index in [2.05, 4.69) is 0 Å². The molecule has 0 aromatic heterocycles. The van der Waals surface area contributed by atoms with E-state index in [0.29, 0.717) is 13.0 Å². The second-order valence-corrected chi connectivity index (χ2v) is 2.62. The van der Waals surface area contributed by atoms with Crippen molar-refractivity contribution >= 4 is 11.8 Å². The normalized spacial score (nSPS) is 24.3. The molecule has 4 N–H and O–H groups in total. The standard InChI is InChI=1S/C6H11N3O2/c7-4-1-2-9(6(4)11)3-5(8)10/h4H,1-3,7H2,(H2,8,10). The molecule has 0 spiro atoms. The molecule has 1 rings (SSSR count). The molecule has 5 heteroatoms. The number of hydrogen-bond donors (Lipinski definition) is 2. The second-order valence-electron chi connectivity index (χ2n) is 2.62. The van der Waals surface area contributed by atoms with Crippen molar-refractivity contribution in [3.05, 3.63) is 0 Å². The van der Waals surface area contributed by atoms with Gasteiger partial charge in [-0.05, 0) is 6.42 Å². The Hall–Kier alpha value is -1.10. The summed E-state index contributed by atoms with van der Waals surface area (Å²) in [6.07, 6.45) is 0.617. The Bertz CT molecular complexity index is 192. The summed E-state index contributed by atoms with van der Waals surface area (Å²) >= 11 is 0. The SMILES string of the molecule is NC(=O)CN1CCC(N)C1=O. The molecule has 0 aliphatic carbocycles. The van der Waals surface area contributed by atoms with Crippen LogP contribution < -0.4 is 11.5 Å². The molecule has 2 amide bonds. The van der Waals surface area contributed by atoms with Crippen LogP contribution in [0.5, 0.6) is 0 Å². The lowest BCUT2D eigenvalue weighted by molar-refractivity contribution is -0.132. The Kier molecular flexibility index (Phi) is 2.09. The highest BCUT2D eigenvalue weighted by atomic mass is 16.2. The Balaban J connectivity index is 2.49. The van der Waals surface area contributed by atoms with Crippen LogP contribution in [-0.4, -0.2) is 35.8 Å². The van der Waals surface area contributed by atoms with Gasteiger partial charge in [0, 0.05) is 6.54 Å². The van der Waals surface area contributed by atoms with E-state index in [1.54, 1.807) is 0 Å². The number of likely N-dealkylation sites (tertiary alicyclic amines) is 1. The quantitative estimate of drug-likeness (QED) is 0.487. The highest BCUT2D eigenvalue weighted by Crippen LogP contribution is 2.07. The third kappa shape index (κ3) is 1.68. The monoisotopic (exact) mass is 157 g/mol. The zero-order chi connectivity index (χ0) is 8.43. The predicted molar refractivity (Wildman–Crippen MR) is 38.4 cm³/mol. The molecule has 62 valence electrons. The molecule has 1 heterocycles. The van der Waals surface area contributed by atoms with E-state index >= 15 is 0 Å². The number of carbonyl (C=O) groups is 2. The van der Waals surface area contributed by atoms with Crippen molar-refractivity contribution in [1.29, 1.82) is 0 Å². The van der Waals surface area contributed by atoms with Gasteiger partial charge in [0.2, 0.25) is 11.8 Å². The van der Waals surface area contributed by atoms with Crippen LogP contribution in [0.2, 0.25) is 0 Å². The molecule has 1 aliphatic heterocycles. The van der Waals surface area contributed by atoms with E-state index < -0.39 is 11.9 Å². The van der Waals surface area contributed by atoms with Crippen molar-refractivity contribution in [2.75, 3.05) is 13.1 Å². The maximum absolute atomic E-state index is 11.0. The molecule has 0 aromatic rings. The zero-order valence-electron chi connectivity index (χ0n) is 6.12. The van der Waals surface area contributed by atoms with Gasteiger partial charge in [0.15, 0.2) is 0 Å². The highest BCUT2D eigenvalue weighted by molar-refractivity contribution is 5.88. The largest absolute Gasteiger partial charge is 0.368 e. The van der Waals surface area contributed by atoms with Gasteiger partial charge in [-0.3, -0.25) is 9.59 Å². The van der Waals surface area contributed by atoms with E-state index in [9.17, 15) is 9.59 Å². The van der Waals surface area contributed by atoms with Gasteiger partial charge in [0.25, 0.3) is 0 Å². The van der Waals surface area contributed by atoms with E-state index in [0.717, 1.165) is 0 Å². The van der Waals surface area contributed by atoms with Crippen LogP contribution in [0.4, 0.5) is 0 Å². The average molecular weight is 157 g/mol. The summed E-state index contributed by atoms with van der Waals surface area (Å²) in [6.45, 7) is 0.537. The molecule has 1 atom stereocenters. The number of nitrogens with zero attached hydrogens (tertiary/aromatic N) is 1. The lowest BCUT2D eigenvalue weighted by Crippen LogP contribution is -2.39. The molecule has 0 saturated carbocycles. The summed E-state index contributed by atoms with van der Waals surface area (Å²) in [4.78, 5) is 22.8. The molecular formula is C6H11N3O2. The summed E-state index contributed by atoms with van der Waals surface area (Å²) in [7, 11) is 0. The number of rotatable bonds is 2. The highest BCUT2D eigenvalue weighted by Gasteiger charge is 2.28. The van der Waals surface area contributed by atoms with Gasteiger partial charge in [0.05, 0.1) is 12.6 Å². The molecule has 1 aliphatic rings. The van der Waals surface area contributed by atoms with Gasteiger partial charge >= 0.3 is 0 Å². The van der Waals surface area contributed by atoms with Gasteiger partial charge in [-0.1, -0.05) is 0 Å². The van der Waals surface area contributed by atoms with E-state index in [1.165, 1.54) is 4.90 Å². The molecule has 0 aromatic carbocycles. The lowest BCUT2D eigenvalue weighted by Gasteiger charge is -2.12. The third-order valence-corrected chi connectivity index (χ3v) is 1.69. The first kappa shape index (κ1) is 8.00. The van der Waals surface area contributed by atoms with Gasteiger partial charge in [-0.25, -0.2) is 0 Å². The summed E-state index contributed by atoms with van der Waals surface area (Å²) < 4.78 is 0. The minimum atomic E-state index is -0.493. The van der Waals surface area contributed by atoms with Crippen molar-refractivity contribution in [2.45, 2.75) is 12.5 Å². The molecule has 1 unspecified atom stereocenters. The van der Waals surface area contributed by atoms with E-state index in [1.807, 2.05) is 0 Å². The fourth-order valence-corrected chi connectivity index (χ4v) is 1.11. The van der Waals surface area contributed by atoms with Gasteiger partial charge in [0.1, 0.15) is 0 Å². The Morgan fingerprint density at radius 3 is 2.73 bits per heavy atom. The van der Waals surface area contributed by atoms with Gasteiger partial charge < -0.3 is 16.4 Å². The topological polar surface area (TPSA) is 89.4 Å². The Morgan fingerprint density at radius 2 is 2.36 bits per heavy atom. The van der Waals surface area contributed by atoms with Crippen molar-refractivity contribution in [2.24, 2.45) is 11.5 Å². The average Bonchev–Trinajstić information content (AvgIpc) is 2.18.